The van der Waals surface area contributed by atoms with E-state index in [9.17, 15) is 8.42 Å². The second kappa shape index (κ2) is 10.6. The van der Waals surface area contributed by atoms with E-state index in [1.807, 2.05) is 0 Å². The average Bonchev–Trinajstić information content (AvgIpc) is 2.38. The van der Waals surface area contributed by atoms with E-state index in [0.29, 0.717) is 32.8 Å². The zero-order valence-electron chi connectivity index (χ0n) is 12.5. The van der Waals surface area contributed by atoms with Gasteiger partial charge in [0, 0.05) is 33.9 Å². The molecule has 0 rings (SSSR count). The average molecular weight is 296 g/mol. The maximum atomic E-state index is 12.4. The van der Waals surface area contributed by atoms with Crippen molar-refractivity contribution in [2.75, 3.05) is 53.6 Å². The normalized spacial score (nSPS) is 13.9. The third kappa shape index (κ3) is 7.22. The highest BCUT2D eigenvalue weighted by Gasteiger charge is 2.27. The van der Waals surface area contributed by atoms with Gasteiger partial charge >= 0.3 is 0 Å². The molecule has 0 aromatic heterocycles. The van der Waals surface area contributed by atoms with Gasteiger partial charge in [0.05, 0.1) is 18.5 Å². The number of rotatable bonds is 12. The third-order valence-electron chi connectivity index (χ3n) is 2.82. The molecule has 0 bridgehead atoms. The van der Waals surface area contributed by atoms with Crippen molar-refractivity contribution in [3.05, 3.63) is 0 Å². The molecule has 0 aromatic carbocycles. The Balaban J connectivity index is 4.55. The van der Waals surface area contributed by atoms with Crippen molar-refractivity contribution < 1.29 is 17.9 Å². The van der Waals surface area contributed by atoms with Gasteiger partial charge in [-0.1, -0.05) is 6.92 Å². The van der Waals surface area contributed by atoms with E-state index in [2.05, 4.69) is 12.2 Å². The molecular weight excluding hydrogens is 268 g/mol. The number of methoxy groups -OCH3 is 2. The SMILES string of the molecule is CCCNCC(C)S(=O)(=O)N(CCOC)CCOC. The molecule has 19 heavy (non-hydrogen) atoms. The fourth-order valence-electron chi connectivity index (χ4n) is 1.59. The van der Waals surface area contributed by atoms with Crippen molar-refractivity contribution >= 4 is 10.0 Å². The summed E-state index contributed by atoms with van der Waals surface area (Å²) in [5.41, 5.74) is 0. The Morgan fingerprint density at radius 3 is 2.11 bits per heavy atom. The standard InChI is InChI=1S/C12H28N2O4S/c1-5-6-13-11-12(2)19(15,16)14(7-9-17-3)8-10-18-4/h12-13H,5-11H2,1-4H3. The Kier molecular flexibility index (Phi) is 10.4. The summed E-state index contributed by atoms with van der Waals surface area (Å²) in [6.45, 7) is 6.57. The minimum absolute atomic E-state index is 0.361. The van der Waals surface area contributed by atoms with Crippen LogP contribution in [0.4, 0.5) is 0 Å². The Morgan fingerprint density at radius 1 is 1.16 bits per heavy atom. The number of sulfonamides is 1. The van der Waals surface area contributed by atoms with Crippen LogP contribution in [-0.2, 0) is 19.5 Å². The predicted octanol–water partition coefficient (Wildman–Crippen LogP) is 0.299. The zero-order chi connectivity index (χ0) is 14.7. The first-order chi connectivity index (χ1) is 9.00. The van der Waals surface area contributed by atoms with Crippen LogP contribution in [0.1, 0.15) is 20.3 Å². The summed E-state index contributed by atoms with van der Waals surface area (Å²) >= 11 is 0. The first-order valence-electron chi connectivity index (χ1n) is 6.68. The number of ether oxygens (including phenoxy) is 2. The lowest BCUT2D eigenvalue weighted by Gasteiger charge is -2.25. The molecule has 7 heteroatoms. The topological polar surface area (TPSA) is 67.9 Å². The quantitative estimate of drug-likeness (QED) is 0.525. The fraction of sp³-hybridized carbons (Fsp3) is 1.00. The van der Waals surface area contributed by atoms with Crippen LogP contribution in [0.15, 0.2) is 0 Å². The number of nitrogens with one attached hydrogen (secondary N) is 1. The molecule has 0 aliphatic carbocycles. The molecular formula is C12H28N2O4S. The van der Waals surface area contributed by atoms with Gasteiger partial charge in [-0.3, -0.25) is 0 Å². The largest absolute Gasteiger partial charge is 0.383 e. The minimum Gasteiger partial charge on any atom is -0.383 e. The van der Waals surface area contributed by atoms with Crippen molar-refractivity contribution in [2.45, 2.75) is 25.5 Å². The third-order valence-corrected chi connectivity index (χ3v) is 5.09. The van der Waals surface area contributed by atoms with Crippen molar-refractivity contribution in [3.63, 3.8) is 0 Å². The van der Waals surface area contributed by atoms with Crippen LogP contribution in [0.5, 0.6) is 0 Å². The van der Waals surface area contributed by atoms with Crippen LogP contribution >= 0.6 is 0 Å². The van der Waals surface area contributed by atoms with E-state index in [1.165, 1.54) is 4.31 Å². The van der Waals surface area contributed by atoms with Crippen LogP contribution in [0, 0.1) is 0 Å². The van der Waals surface area contributed by atoms with Gasteiger partial charge in [-0.05, 0) is 19.9 Å². The molecule has 0 radical (unpaired) electrons. The summed E-state index contributed by atoms with van der Waals surface area (Å²) < 4.78 is 36.2. The smallest absolute Gasteiger partial charge is 0.218 e. The van der Waals surface area contributed by atoms with E-state index < -0.39 is 15.3 Å². The molecule has 0 heterocycles. The molecule has 0 saturated carbocycles. The molecule has 116 valence electrons. The molecule has 0 saturated heterocycles. The van der Waals surface area contributed by atoms with Gasteiger partial charge in [0.1, 0.15) is 0 Å². The molecule has 0 aromatic rings. The van der Waals surface area contributed by atoms with E-state index in [4.69, 9.17) is 9.47 Å². The van der Waals surface area contributed by atoms with Crippen LogP contribution in [-0.4, -0.2) is 71.6 Å². The second-order valence-corrected chi connectivity index (χ2v) is 6.80. The van der Waals surface area contributed by atoms with Crippen LogP contribution in [0.25, 0.3) is 0 Å². The van der Waals surface area contributed by atoms with Crippen molar-refractivity contribution in [1.82, 2.24) is 9.62 Å². The summed E-state index contributed by atoms with van der Waals surface area (Å²) in [6.07, 6.45) is 0.990. The molecule has 0 aliphatic heterocycles. The van der Waals surface area contributed by atoms with Gasteiger partial charge < -0.3 is 14.8 Å². The van der Waals surface area contributed by atoms with E-state index >= 15 is 0 Å². The van der Waals surface area contributed by atoms with Gasteiger partial charge in [0.2, 0.25) is 10.0 Å². The second-order valence-electron chi connectivity index (χ2n) is 4.44. The Hall–Kier alpha value is -0.210. The maximum Gasteiger partial charge on any atom is 0.218 e. The van der Waals surface area contributed by atoms with Crippen molar-refractivity contribution in [1.29, 1.82) is 0 Å². The number of nitrogens with zero attached hydrogens (tertiary/aromatic N) is 1. The van der Waals surface area contributed by atoms with E-state index in [0.717, 1.165) is 13.0 Å². The van der Waals surface area contributed by atoms with Gasteiger partial charge in [-0.15, -0.1) is 0 Å². The summed E-state index contributed by atoms with van der Waals surface area (Å²) in [5, 5.41) is 2.69. The van der Waals surface area contributed by atoms with Crippen molar-refractivity contribution in [2.24, 2.45) is 0 Å². The van der Waals surface area contributed by atoms with Gasteiger partial charge in [0.15, 0.2) is 0 Å². The van der Waals surface area contributed by atoms with E-state index in [-0.39, 0.29) is 0 Å². The number of hydrogen-bond donors (Lipinski definition) is 1. The van der Waals surface area contributed by atoms with E-state index in [1.54, 1.807) is 21.1 Å². The highest BCUT2D eigenvalue weighted by atomic mass is 32.2. The monoisotopic (exact) mass is 296 g/mol. The van der Waals surface area contributed by atoms with Gasteiger partial charge in [0.25, 0.3) is 0 Å². The van der Waals surface area contributed by atoms with Crippen LogP contribution in [0.2, 0.25) is 0 Å². The maximum absolute atomic E-state index is 12.4. The molecule has 1 unspecified atom stereocenters. The van der Waals surface area contributed by atoms with Crippen LogP contribution < -0.4 is 5.32 Å². The molecule has 1 N–H and O–H groups in total. The lowest BCUT2D eigenvalue weighted by atomic mass is 10.4. The zero-order valence-corrected chi connectivity index (χ0v) is 13.3. The predicted molar refractivity (Wildman–Crippen MR) is 76.9 cm³/mol. The highest BCUT2D eigenvalue weighted by Crippen LogP contribution is 2.08. The van der Waals surface area contributed by atoms with Crippen LogP contribution in [0.3, 0.4) is 0 Å². The summed E-state index contributed by atoms with van der Waals surface area (Å²) in [5.74, 6) is 0. The lowest BCUT2D eigenvalue weighted by molar-refractivity contribution is 0.150. The first kappa shape index (κ1) is 18.8. The molecule has 6 nitrogen and oxygen atoms in total. The molecule has 0 aliphatic rings. The Morgan fingerprint density at radius 2 is 1.68 bits per heavy atom. The molecule has 1 atom stereocenters. The molecule has 0 amide bonds. The highest BCUT2D eigenvalue weighted by molar-refractivity contribution is 7.89. The lowest BCUT2D eigenvalue weighted by Crippen LogP contribution is -2.44. The molecule has 0 spiro atoms. The van der Waals surface area contributed by atoms with Crippen molar-refractivity contribution in [3.8, 4) is 0 Å². The van der Waals surface area contributed by atoms with Gasteiger partial charge in [-0.2, -0.15) is 4.31 Å². The Labute approximate surface area is 117 Å². The van der Waals surface area contributed by atoms with Gasteiger partial charge in [-0.25, -0.2) is 8.42 Å². The minimum atomic E-state index is -3.32. The summed E-state index contributed by atoms with van der Waals surface area (Å²) in [4.78, 5) is 0. The molecule has 0 fully saturated rings. The summed E-state index contributed by atoms with van der Waals surface area (Å²) in [6, 6.07) is 0. The first-order valence-corrected chi connectivity index (χ1v) is 8.18. The Bertz CT molecular complexity index is 301. The summed E-state index contributed by atoms with van der Waals surface area (Å²) in [7, 11) is -0.189. The number of hydrogen-bond acceptors (Lipinski definition) is 5. The fourth-order valence-corrected chi connectivity index (χ4v) is 3.09.